The fourth-order valence-electron chi connectivity index (χ4n) is 3.46. The molecule has 0 fully saturated rings. The smallest absolute Gasteiger partial charge is 0.145 e. The highest BCUT2D eigenvalue weighted by molar-refractivity contribution is 6.01. The van der Waals surface area contributed by atoms with Crippen LogP contribution in [0.5, 0.6) is 0 Å². The van der Waals surface area contributed by atoms with E-state index in [-0.39, 0.29) is 18.5 Å². The third kappa shape index (κ3) is 7.20. The molecule has 0 spiro atoms. The van der Waals surface area contributed by atoms with Gasteiger partial charge in [-0.15, -0.1) is 0 Å². The van der Waals surface area contributed by atoms with E-state index in [1.54, 1.807) is 12.1 Å². The van der Waals surface area contributed by atoms with Crippen LogP contribution in [0.25, 0.3) is 0 Å². The Labute approximate surface area is 178 Å². The summed E-state index contributed by atoms with van der Waals surface area (Å²) in [6.45, 7) is 6.70. The van der Waals surface area contributed by atoms with Crippen molar-refractivity contribution in [2.75, 3.05) is 26.3 Å². The van der Waals surface area contributed by atoms with Gasteiger partial charge in [-0.1, -0.05) is 61.5 Å². The lowest BCUT2D eigenvalue weighted by atomic mass is 10.0. The summed E-state index contributed by atoms with van der Waals surface area (Å²) in [4.78, 5) is 7.79. The summed E-state index contributed by atoms with van der Waals surface area (Å²) in [5, 5.41) is 14.7. The molecule has 162 valence electrons. The molecule has 6 heteroatoms. The van der Waals surface area contributed by atoms with Crippen LogP contribution in [0.1, 0.15) is 31.4 Å². The SMILES string of the molecule is CC(C)COCC(O)CN(Cc1ccc(F)cc1)CC1CC(c2ccccc2)=NO1. The van der Waals surface area contributed by atoms with Crippen LogP contribution in [0, 0.1) is 11.7 Å². The van der Waals surface area contributed by atoms with E-state index in [0.717, 1.165) is 16.8 Å². The van der Waals surface area contributed by atoms with E-state index in [1.807, 2.05) is 30.3 Å². The van der Waals surface area contributed by atoms with Gasteiger partial charge in [0.05, 0.1) is 18.4 Å². The molecule has 2 atom stereocenters. The second-order valence-corrected chi connectivity index (χ2v) is 8.24. The van der Waals surface area contributed by atoms with Crippen LogP contribution in [-0.2, 0) is 16.1 Å². The quantitative estimate of drug-likeness (QED) is 0.607. The van der Waals surface area contributed by atoms with Gasteiger partial charge in [0.15, 0.2) is 0 Å². The molecule has 1 aliphatic heterocycles. The van der Waals surface area contributed by atoms with Gasteiger partial charge in [0.1, 0.15) is 11.9 Å². The number of benzene rings is 2. The average molecular weight is 415 g/mol. The highest BCUT2D eigenvalue weighted by Gasteiger charge is 2.25. The van der Waals surface area contributed by atoms with Gasteiger partial charge in [-0.05, 0) is 29.2 Å². The number of hydrogen-bond donors (Lipinski definition) is 1. The molecular formula is C24H31FN2O3. The summed E-state index contributed by atoms with van der Waals surface area (Å²) in [6.07, 6.45) is 0.00806. The van der Waals surface area contributed by atoms with E-state index in [1.165, 1.54) is 12.1 Å². The molecule has 0 radical (unpaired) electrons. The molecule has 5 nitrogen and oxygen atoms in total. The van der Waals surface area contributed by atoms with Gasteiger partial charge in [0.25, 0.3) is 0 Å². The molecule has 0 bridgehead atoms. The zero-order valence-corrected chi connectivity index (χ0v) is 17.7. The van der Waals surface area contributed by atoms with Crippen molar-refractivity contribution < 1.29 is 19.1 Å². The lowest BCUT2D eigenvalue weighted by Gasteiger charge is -2.27. The van der Waals surface area contributed by atoms with Crippen molar-refractivity contribution in [3.8, 4) is 0 Å². The number of nitrogens with zero attached hydrogens (tertiary/aromatic N) is 2. The second-order valence-electron chi connectivity index (χ2n) is 8.24. The van der Waals surface area contributed by atoms with E-state index >= 15 is 0 Å². The fraction of sp³-hybridized carbons (Fsp3) is 0.458. The van der Waals surface area contributed by atoms with E-state index < -0.39 is 6.10 Å². The topological polar surface area (TPSA) is 54.3 Å². The van der Waals surface area contributed by atoms with Crippen molar-refractivity contribution in [1.82, 2.24) is 4.90 Å². The minimum absolute atomic E-state index is 0.0931. The molecular weight excluding hydrogens is 383 g/mol. The van der Waals surface area contributed by atoms with Crippen LogP contribution in [-0.4, -0.2) is 54.2 Å². The lowest BCUT2D eigenvalue weighted by molar-refractivity contribution is -0.00734. The van der Waals surface area contributed by atoms with Gasteiger partial charge in [0.2, 0.25) is 0 Å². The molecule has 2 aromatic rings. The Morgan fingerprint density at radius 2 is 1.87 bits per heavy atom. The molecule has 1 heterocycles. The normalized spacial score (nSPS) is 17.3. The molecule has 3 rings (SSSR count). The number of oxime groups is 1. The Bertz CT molecular complexity index is 796. The first kappa shape index (κ1) is 22.4. The predicted molar refractivity (Wildman–Crippen MR) is 116 cm³/mol. The Kier molecular flexibility index (Phi) is 8.37. The molecule has 2 aromatic carbocycles. The molecule has 2 unspecified atom stereocenters. The second kappa shape index (κ2) is 11.2. The maximum Gasteiger partial charge on any atom is 0.145 e. The van der Waals surface area contributed by atoms with Gasteiger partial charge in [-0.2, -0.15) is 0 Å². The number of rotatable bonds is 11. The number of ether oxygens (including phenoxy) is 1. The van der Waals surface area contributed by atoms with Crippen LogP contribution in [0.15, 0.2) is 59.8 Å². The number of halogens is 1. The molecule has 0 saturated heterocycles. The fourth-order valence-corrected chi connectivity index (χ4v) is 3.46. The van der Waals surface area contributed by atoms with Gasteiger partial charge < -0.3 is 14.7 Å². The van der Waals surface area contributed by atoms with Crippen molar-refractivity contribution in [2.45, 2.75) is 39.0 Å². The Morgan fingerprint density at radius 3 is 2.57 bits per heavy atom. The molecule has 0 amide bonds. The minimum Gasteiger partial charge on any atom is -0.390 e. The first-order valence-electron chi connectivity index (χ1n) is 10.5. The Morgan fingerprint density at radius 1 is 1.13 bits per heavy atom. The highest BCUT2D eigenvalue weighted by Crippen LogP contribution is 2.19. The van der Waals surface area contributed by atoms with Gasteiger partial charge in [-0.3, -0.25) is 4.90 Å². The maximum atomic E-state index is 13.3. The van der Waals surface area contributed by atoms with Crippen LogP contribution < -0.4 is 0 Å². The first-order chi connectivity index (χ1) is 14.5. The van der Waals surface area contributed by atoms with Crippen molar-refractivity contribution >= 4 is 5.71 Å². The number of aliphatic hydroxyl groups excluding tert-OH is 1. The van der Waals surface area contributed by atoms with Crippen molar-refractivity contribution in [3.05, 3.63) is 71.5 Å². The third-order valence-corrected chi connectivity index (χ3v) is 4.85. The van der Waals surface area contributed by atoms with Crippen LogP contribution in [0.3, 0.4) is 0 Å². The van der Waals surface area contributed by atoms with Crippen LogP contribution in [0.2, 0.25) is 0 Å². The lowest BCUT2D eigenvalue weighted by Crippen LogP contribution is -2.39. The van der Waals surface area contributed by atoms with Crippen molar-refractivity contribution in [1.29, 1.82) is 0 Å². The van der Waals surface area contributed by atoms with E-state index in [4.69, 9.17) is 9.57 Å². The Balaban J connectivity index is 1.58. The molecule has 0 aromatic heterocycles. The highest BCUT2D eigenvalue weighted by atomic mass is 19.1. The summed E-state index contributed by atoms with van der Waals surface area (Å²) in [5.41, 5.74) is 2.98. The standard InChI is InChI=1S/C24H31FN2O3/c1-18(2)16-29-17-22(28)14-27(13-19-8-10-21(25)11-9-19)15-23-12-24(26-30-23)20-6-4-3-5-7-20/h3-11,18,22-23,28H,12-17H2,1-2H3. The predicted octanol–water partition coefficient (Wildman–Crippen LogP) is 3.85. The number of aliphatic hydroxyl groups is 1. The summed E-state index contributed by atoms with van der Waals surface area (Å²) < 4.78 is 18.9. The van der Waals surface area contributed by atoms with Gasteiger partial charge in [-0.25, -0.2) is 4.39 Å². The summed E-state index contributed by atoms with van der Waals surface area (Å²) in [5.74, 6) is 0.167. The zero-order chi connectivity index (χ0) is 21.3. The zero-order valence-electron chi connectivity index (χ0n) is 17.7. The van der Waals surface area contributed by atoms with E-state index in [2.05, 4.69) is 23.9 Å². The van der Waals surface area contributed by atoms with Gasteiger partial charge in [0, 0.05) is 32.7 Å². The van der Waals surface area contributed by atoms with Crippen LogP contribution >= 0.6 is 0 Å². The molecule has 1 aliphatic rings. The Hall–Kier alpha value is -2.28. The van der Waals surface area contributed by atoms with E-state index in [0.29, 0.717) is 38.6 Å². The third-order valence-electron chi connectivity index (χ3n) is 4.85. The molecule has 30 heavy (non-hydrogen) atoms. The maximum absolute atomic E-state index is 13.3. The largest absolute Gasteiger partial charge is 0.390 e. The molecule has 1 N–H and O–H groups in total. The van der Waals surface area contributed by atoms with Crippen molar-refractivity contribution in [2.24, 2.45) is 11.1 Å². The van der Waals surface area contributed by atoms with Crippen LogP contribution in [0.4, 0.5) is 4.39 Å². The van der Waals surface area contributed by atoms with E-state index in [9.17, 15) is 9.50 Å². The monoisotopic (exact) mass is 414 g/mol. The first-order valence-corrected chi connectivity index (χ1v) is 10.5. The summed E-state index contributed by atoms with van der Waals surface area (Å²) in [7, 11) is 0. The summed E-state index contributed by atoms with van der Waals surface area (Å²) >= 11 is 0. The minimum atomic E-state index is -0.611. The van der Waals surface area contributed by atoms with Gasteiger partial charge >= 0.3 is 0 Å². The van der Waals surface area contributed by atoms with Crippen molar-refractivity contribution in [3.63, 3.8) is 0 Å². The molecule has 0 aliphatic carbocycles. The summed E-state index contributed by atoms with van der Waals surface area (Å²) in [6, 6.07) is 16.4. The average Bonchev–Trinajstić information content (AvgIpc) is 3.18. The number of hydrogen-bond acceptors (Lipinski definition) is 5. The molecule has 0 saturated carbocycles.